The molecule has 0 bridgehead atoms. The lowest BCUT2D eigenvalue weighted by molar-refractivity contribution is -0.141. The van der Waals surface area contributed by atoms with Crippen molar-refractivity contribution in [3.63, 3.8) is 0 Å². The summed E-state index contributed by atoms with van der Waals surface area (Å²) in [5.74, 6) is -0.581. The number of imide groups is 1. The number of amides is 4. The zero-order valence-corrected chi connectivity index (χ0v) is 17.6. The van der Waals surface area contributed by atoms with Crippen LogP contribution >= 0.6 is 0 Å². The van der Waals surface area contributed by atoms with Crippen molar-refractivity contribution in [3.8, 4) is 0 Å². The first-order valence-corrected chi connectivity index (χ1v) is 12.2. The molecular formula is C19H31N3O5S. The molecule has 158 valence electrons. The van der Waals surface area contributed by atoms with Gasteiger partial charge >= 0.3 is 6.03 Å². The van der Waals surface area contributed by atoms with E-state index in [1.54, 1.807) is 4.90 Å². The SMILES string of the molecule is CCCCN(C(=O)CN1C(=O)N[C@]2(CCCC[C@H]2C)C1=O)[C@@H]1CCS(=O)(=O)C1. The highest BCUT2D eigenvalue weighted by atomic mass is 32.2. The van der Waals surface area contributed by atoms with E-state index in [1.807, 2.05) is 13.8 Å². The summed E-state index contributed by atoms with van der Waals surface area (Å²) in [6, 6.07) is -0.881. The van der Waals surface area contributed by atoms with E-state index in [9.17, 15) is 22.8 Å². The largest absolute Gasteiger partial charge is 0.337 e. The summed E-state index contributed by atoms with van der Waals surface area (Å²) in [6.45, 7) is 4.10. The van der Waals surface area contributed by atoms with E-state index in [-0.39, 0.29) is 41.8 Å². The molecule has 1 saturated carbocycles. The minimum atomic E-state index is -3.13. The quantitative estimate of drug-likeness (QED) is 0.661. The lowest BCUT2D eigenvalue weighted by atomic mass is 9.73. The topological polar surface area (TPSA) is 104 Å². The molecule has 2 aliphatic heterocycles. The van der Waals surface area contributed by atoms with Crippen LogP contribution < -0.4 is 5.32 Å². The number of rotatable bonds is 6. The summed E-state index contributed by atoms with van der Waals surface area (Å²) in [6.07, 6.45) is 5.42. The molecule has 0 aromatic rings. The molecule has 0 aromatic carbocycles. The van der Waals surface area contributed by atoms with Gasteiger partial charge in [-0.15, -0.1) is 0 Å². The summed E-state index contributed by atoms with van der Waals surface area (Å²) >= 11 is 0. The minimum absolute atomic E-state index is 0.0361. The second-order valence-corrected chi connectivity index (χ2v) is 10.7. The third-order valence-corrected chi connectivity index (χ3v) is 8.27. The van der Waals surface area contributed by atoms with Crippen LogP contribution in [0, 0.1) is 5.92 Å². The van der Waals surface area contributed by atoms with Gasteiger partial charge in [0.15, 0.2) is 9.84 Å². The van der Waals surface area contributed by atoms with Crippen LogP contribution in [0.25, 0.3) is 0 Å². The molecule has 3 rings (SSSR count). The summed E-state index contributed by atoms with van der Waals surface area (Å²) in [5, 5.41) is 2.86. The van der Waals surface area contributed by atoms with Gasteiger partial charge in [-0.1, -0.05) is 33.1 Å². The van der Waals surface area contributed by atoms with Crippen molar-refractivity contribution in [2.75, 3.05) is 24.6 Å². The predicted octanol–water partition coefficient (Wildman–Crippen LogP) is 1.30. The Labute approximate surface area is 166 Å². The van der Waals surface area contributed by atoms with Gasteiger partial charge in [0.1, 0.15) is 12.1 Å². The Bertz CT molecular complexity index is 753. The molecule has 0 aromatic heterocycles. The molecule has 1 spiro atoms. The molecule has 8 nitrogen and oxygen atoms in total. The number of urea groups is 1. The molecule has 1 aliphatic carbocycles. The van der Waals surface area contributed by atoms with E-state index < -0.39 is 21.4 Å². The second kappa shape index (κ2) is 8.00. The first-order chi connectivity index (χ1) is 13.2. The van der Waals surface area contributed by atoms with E-state index >= 15 is 0 Å². The van der Waals surface area contributed by atoms with Gasteiger partial charge in [0, 0.05) is 12.6 Å². The fraction of sp³-hybridized carbons (Fsp3) is 0.842. The first-order valence-electron chi connectivity index (χ1n) is 10.3. The predicted molar refractivity (Wildman–Crippen MR) is 104 cm³/mol. The van der Waals surface area contributed by atoms with Crippen LogP contribution in [0.15, 0.2) is 0 Å². The van der Waals surface area contributed by atoms with Gasteiger partial charge in [0.25, 0.3) is 5.91 Å². The molecule has 1 N–H and O–H groups in total. The maximum atomic E-state index is 13.1. The minimum Gasteiger partial charge on any atom is -0.337 e. The molecule has 2 heterocycles. The van der Waals surface area contributed by atoms with Crippen molar-refractivity contribution in [3.05, 3.63) is 0 Å². The summed E-state index contributed by atoms with van der Waals surface area (Å²) in [5.41, 5.74) is -0.888. The Balaban J connectivity index is 1.74. The van der Waals surface area contributed by atoms with Gasteiger partial charge in [0.05, 0.1) is 11.5 Å². The highest BCUT2D eigenvalue weighted by Gasteiger charge is 2.55. The molecule has 3 fully saturated rings. The van der Waals surface area contributed by atoms with Gasteiger partial charge in [-0.05, 0) is 31.6 Å². The number of nitrogens with zero attached hydrogens (tertiary/aromatic N) is 2. The maximum absolute atomic E-state index is 13.1. The number of carbonyl (C=O) groups excluding carboxylic acids is 3. The summed E-state index contributed by atoms with van der Waals surface area (Å²) < 4.78 is 23.7. The lowest BCUT2D eigenvalue weighted by Crippen LogP contribution is -2.54. The maximum Gasteiger partial charge on any atom is 0.325 e. The highest BCUT2D eigenvalue weighted by molar-refractivity contribution is 7.91. The van der Waals surface area contributed by atoms with Crippen LogP contribution in [0.5, 0.6) is 0 Å². The zero-order valence-electron chi connectivity index (χ0n) is 16.8. The number of nitrogens with one attached hydrogen (secondary N) is 1. The molecule has 4 amide bonds. The normalized spacial score (nSPS) is 32.0. The number of carbonyl (C=O) groups is 3. The van der Waals surface area contributed by atoms with Crippen LogP contribution in [-0.2, 0) is 19.4 Å². The molecule has 9 heteroatoms. The van der Waals surface area contributed by atoms with Gasteiger partial charge in [-0.2, -0.15) is 0 Å². The highest BCUT2D eigenvalue weighted by Crippen LogP contribution is 2.38. The Morgan fingerprint density at radius 3 is 2.64 bits per heavy atom. The molecule has 0 unspecified atom stereocenters. The van der Waals surface area contributed by atoms with Gasteiger partial charge in [-0.3, -0.25) is 14.5 Å². The van der Waals surface area contributed by atoms with E-state index in [0.29, 0.717) is 19.4 Å². The Morgan fingerprint density at radius 1 is 1.29 bits per heavy atom. The van der Waals surface area contributed by atoms with E-state index in [0.717, 1.165) is 37.0 Å². The third-order valence-electron chi connectivity index (χ3n) is 6.52. The smallest absolute Gasteiger partial charge is 0.325 e. The van der Waals surface area contributed by atoms with E-state index in [2.05, 4.69) is 5.32 Å². The average molecular weight is 414 g/mol. The summed E-state index contributed by atoms with van der Waals surface area (Å²) in [4.78, 5) is 41.2. The molecule has 28 heavy (non-hydrogen) atoms. The fourth-order valence-corrected chi connectivity index (χ4v) is 6.46. The van der Waals surface area contributed by atoms with Gasteiger partial charge in [-0.25, -0.2) is 13.2 Å². The van der Waals surface area contributed by atoms with E-state index in [4.69, 9.17) is 0 Å². The second-order valence-electron chi connectivity index (χ2n) is 8.44. The van der Waals surface area contributed by atoms with Crippen LogP contribution in [0.3, 0.4) is 0 Å². The Morgan fingerprint density at radius 2 is 2.04 bits per heavy atom. The average Bonchev–Trinajstić information content (AvgIpc) is 3.10. The Hall–Kier alpha value is -1.64. The van der Waals surface area contributed by atoms with Crippen LogP contribution in [-0.4, -0.2) is 72.2 Å². The first kappa shape index (κ1) is 21.1. The van der Waals surface area contributed by atoms with Crippen LogP contribution in [0.1, 0.15) is 58.8 Å². The molecule has 0 radical (unpaired) electrons. The number of hydrogen-bond acceptors (Lipinski definition) is 5. The zero-order chi connectivity index (χ0) is 20.5. The van der Waals surface area contributed by atoms with Crippen molar-refractivity contribution >= 4 is 27.7 Å². The number of sulfone groups is 1. The summed E-state index contributed by atoms with van der Waals surface area (Å²) in [7, 11) is -3.13. The lowest BCUT2D eigenvalue weighted by Gasteiger charge is -2.37. The van der Waals surface area contributed by atoms with Gasteiger partial charge < -0.3 is 10.2 Å². The van der Waals surface area contributed by atoms with Crippen molar-refractivity contribution < 1.29 is 22.8 Å². The number of hydrogen-bond donors (Lipinski definition) is 1. The van der Waals surface area contributed by atoms with Crippen molar-refractivity contribution in [1.82, 2.24) is 15.1 Å². The molecular weight excluding hydrogens is 382 g/mol. The van der Waals surface area contributed by atoms with Crippen LogP contribution in [0.2, 0.25) is 0 Å². The number of unbranched alkanes of at least 4 members (excludes halogenated alkanes) is 1. The standard InChI is InChI=1S/C19H31N3O5S/c1-3-4-10-21(15-8-11-28(26,27)13-15)16(23)12-22-17(24)19(20-18(22)25)9-6-5-7-14(19)2/h14-15H,3-13H2,1-2H3,(H,20,25)/t14-,15-,19+/m1/s1. The fourth-order valence-electron chi connectivity index (χ4n) is 4.73. The van der Waals surface area contributed by atoms with Crippen molar-refractivity contribution in [1.29, 1.82) is 0 Å². The Kier molecular flexibility index (Phi) is 6.03. The van der Waals surface area contributed by atoms with Crippen molar-refractivity contribution in [2.24, 2.45) is 5.92 Å². The van der Waals surface area contributed by atoms with Crippen molar-refractivity contribution in [2.45, 2.75) is 70.4 Å². The molecule has 3 atom stereocenters. The monoisotopic (exact) mass is 413 g/mol. The third kappa shape index (κ3) is 3.90. The molecule has 3 aliphatic rings. The molecule has 2 saturated heterocycles. The van der Waals surface area contributed by atoms with Gasteiger partial charge in [0.2, 0.25) is 5.91 Å². The van der Waals surface area contributed by atoms with Crippen LogP contribution in [0.4, 0.5) is 4.79 Å². The van der Waals surface area contributed by atoms with E-state index in [1.165, 1.54) is 0 Å².